The van der Waals surface area contributed by atoms with E-state index in [1.54, 1.807) is 0 Å². The number of hydrogen-bond acceptors (Lipinski definition) is 2. The second kappa shape index (κ2) is 6.40. The Balaban J connectivity index is 1.86. The summed E-state index contributed by atoms with van der Waals surface area (Å²) < 4.78 is 0. The van der Waals surface area contributed by atoms with Gasteiger partial charge in [-0.2, -0.15) is 0 Å². The SMILES string of the molecule is C/C(C(=O)CC1CCCC1)=C(/O)CC1CCCC1. The lowest BCUT2D eigenvalue weighted by Crippen LogP contribution is -2.09. The molecular formula is C16H26O2. The number of carbonyl (C=O) groups is 1. The van der Waals surface area contributed by atoms with Crippen LogP contribution in [0, 0.1) is 11.8 Å². The molecule has 1 N–H and O–H groups in total. The van der Waals surface area contributed by atoms with E-state index < -0.39 is 0 Å². The van der Waals surface area contributed by atoms with Crippen molar-refractivity contribution >= 4 is 5.78 Å². The number of hydrogen-bond donors (Lipinski definition) is 1. The van der Waals surface area contributed by atoms with E-state index in [2.05, 4.69) is 0 Å². The molecule has 0 radical (unpaired) electrons. The van der Waals surface area contributed by atoms with Crippen molar-refractivity contribution < 1.29 is 9.90 Å². The Labute approximate surface area is 110 Å². The number of ketones is 1. The Kier molecular flexibility index (Phi) is 4.85. The van der Waals surface area contributed by atoms with Crippen molar-refractivity contribution in [3.63, 3.8) is 0 Å². The van der Waals surface area contributed by atoms with Gasteiger partial charge in [0.2, 0.25) is 0 Å². The highest BCUT2D eigenvalue weighted by atomic mass is 16.3. The number of rotatable bonds is 5. The van der Waals surface area contributed by atoms with Crippen LogP contribution in [0.4, 0.5) is 0 Å². The third-order valence-corrected chi connectivity index (χ3v) is 4.76. The first kappa shape index (κ1) is 13.6. The average molecular weight is 250 g/mol. The highest BCUT2D eigenvalue weighted by molar-refractivity contribution is 5.95. The van der Waals surface area contributed by atoms with Gasteiger partial charge in [0.15, 0.2) is 5.78 Å². The zero-order valence-corrected chi connectivity index (χ0v) is 11.6. The summed E-state index contributed by atoms with van der Waals surface area (Å²) in [7, 11) is 0. The van der Waals surface area contributed by atoms with Crippen molar-refractivity contribution in [2.24, 2.45) is 11.8 Å². The Bertz CT molecular complexity index is 318. The van der Waals surface area contributed by atoms with Crippen molar-refractivity contribution in [3.8, 4) is 0 Å². The van der Waals surface area contributed by atoms with Crippen LogP contribution < -0.4 is 0 Å². The fourth-order valence-corrected chi connectivity index (χ4v) is 3.43. The second-order valence-corrected chi connectivity index (χ2v) is 6.20. The van der Waals surface area contributed by atoms with Crippen molar-refractivity contribution in [2.45, 2.75) is 71.1 Å². The number of Topliss-reactive ketones (excluding diaryl/α,β-unsaturated/α-hetero) is 1. The molecule has 102 valence electrons. The summed E-state index contributed by atoms with van der Waals surface area (Å²) in [6, 6.07) is 0. The van der Waals surface area contributed by atoms with Gasteiger partial charge in [-0.05, 0) is 18.8 Å². The number of allylic oxidation sites excluding steroid dienone is 2. The van der Waals surface area contributed by atoms with E-state index in [1.807, 2.05) is 6.92 Å². The molecule has 18 heavy (non-hydrogen) atoms. The van der Waals surface area contributed by atoms with E-state index in [4.69, 9.17) is 0 Å². The van der Waals surface area contributed by atoms with E-state index in [0.29, 0.717) is 29.6 Å². The largest absolute Gasteiger partial charge is 0.512 e. The average Bonchev–Trinajstić information content (AvgIpc) is 3.01. The molecule has 0 aromatic rings. The third-order valence-electron chi connectivity index (χ3n) is 4.76. The molecule has 2 aliphatic carbocycles. The minimum atomic E-state index is 0.178. The van der Waals surface area contributed by atoms with Gasteiger partial charge >= 0.3 is 0 Å². The van der Waals surface area contributed by atoms with Crippen LogP contribution in [0.1, 0.15) is 71.1 Å². The van der Waals surface area contributed by atoms with E-state index in [1.165, 1.54) is 51.4 Å². The highest BCUT2D eigenvalue weighted by Gasteiger charge is 2.22. The fourth-order valence-electron chi connectivity index (χ4n) is 3.43. The lowest BCUT2D eigenvalue weighted by Gasteiger charge is -2.12. The standard InChI is InChI=1S/C16H26O2/c1-12(15(17)10-13-6-2-3-7-13)16(18)11-14-8-4-5-9-14/h13-14,17H,2-11H2,1H3/b15-12-. The van der Waals surface area contributed by atoms with E-state index in [0.717, 1.165) is 6.42 Å². The molecule has 0 bridgehead atoms. The molecule has 0 aromatic heterocycles. The summed E-state index contributed by atoms with van der Waals surface area (Å²) in [6.45, 7) is 1.81. The maximum atomic E-state index is 12.1. The Morgan fingerprint density at radius 1 is 0.944 bits per heavy atom. The number of aliphatic hydroxyl groups is 1. The van der Waals surface area contributed by atoms with Gasteiger partial charge in [0.1, 0.15) is 0 Å². The quantitative estimate of drug-likeness (QED) is 0.574. The fraction of sp³-hybridized carbons (Fsp3) is 0.812. The summed E-state index contributed by atoms with van der Waals surface area (Å²) in [6.07, 6.45) is 11.3. The molecule has 2 rings (SSSR count). The van der Waals surface area contributed by atoms with Crippen molar-refractivity contribution in [1.29, 1.82) is 0 Å². The van der Waals surface area contributed by atoms with Gasteiger partial charge in [0, 0.05) is 18.4 Å². The molecule has 2 heteroatoms. The molecule has 0 amide bonds. The second-order valence-electron chi connectivity index (χ2n) is 6.20. The summed E-state index contributed by atoms with van der Waals surface area (Å²) in [5, 5.41) is 10.1. The monoisotopic (exact) mass is 250 g/mol. The summed E-state index contributed by atoms with van der Waals surface area (Å²) in [5.74, 6) is 1.73. The molecular weight excluding hydrogens is 224 g/mol. The first-order valence-electron chi connectivity index (χ1n) is 7.58. The molecule has 0 saturated heterocycles. The first-order chi connectivity index (χ1) is 8.66. The predicted octanol–water partition coefficient (Wildman–Crippen LogP) is 4.55. The normalized spacial score (nSPS) is 23.4. The zero-order chi connectivity index (χ0) is 13.0. The Morgan fingerprint density at radius 2 is 1.39 bits per heavy atom. The van der Waals surface area contributed by atoms with Gasteiger partial charge < -0.3 is 5.11 Å². The van der Waals surface area contributed by atoms with Gasteiger partial charge in [-0.1, -0.05) is 51.4 Å². The molecule has 0 unspecified atom stereocenters. The first-order valence-corrected chi connectivity index (χ1v) is 7.58. The molecule has 0 aromatic carbocycles. The molecule has 0 spiro atoms. The highest BCUT2D eigenvalue weighted by Crippen LogP contribution is 2.32. The minimum absolute atomic E-state index is 0.178. The van der Waals surface area contributed by atoms with Gasteiger partial charge in [0.05, 0.1) is 5.76 Å². The van der Waals surface area contributed by atoms with Gasteiger partial charge in [-0.15, -0.1) is 0 Å². The maximum absolute atomic E-state index is 12.1. The summed E-state index contributed by atoms with van der Waals surface area (Å²) in [4.78, 5) is 12.1. The van der Waals surface area contributed by atoms with Crippen LogP contribution in [0.15, 0.2) is 11.3 Å². The Morgan fingerprint density at radius 3 is 1.89 bits per heavy atom. The van der Waals surface area contributed by atoms with Crippen LogP contribution in [-0.2, 0) is 4.79 Å². The van der Waals surface area contributed by atoms with Crippen LogP contribution in [-0.4, -0.2) is 10.9 Å². The van der Waals surface area contributed by atoms with Crippen LogP contribution in [0.2, 0.25) is 0 Å². The van der Waals surface area contributed by atoms with Gasteiger partial charge in [-0.25, -0.2) is 0 Å². The molecule has 2 saturated carbocycles. The van der Waals surface area contributed by atoms with Crippen LogP contribution in [0.25, 0.3) is 0 Å². The zero-order valence-electron chi connectivity index (χ0n) is 11.6. The van der Waals surface area contributed by atoms with Crippen LogP contribution in [0.3, 0.4) is 0 Å². The van der Waals surface area contributed by atoms with Crippen molar-refractivity contribution in [3.05, 3.63) is 11.3 Å². The molecule has 0 atom stereocenters. The van der Waals surface area contributed by atoms with Crippen molar-refractivity contribution in [2.75, 3.05) is 0 Å². The van der Waals surface area contributed by atoms with E-state index in [9.17, 15) is 9.90 Å². The minimum Gasteiger partial charge on any atom is -0.512 e. The summed E-state index contributed by atoms with van der Waals surface area (Å²) >= 11 is 0. The topological polar surface area (TPSA) is 37.3 Å². The number of aliphatic hydroxyl groups excluding tert-OH is 1. The summed E-state index contributed by atoms with van der Waals surface area (Å²) in [5.41, 5.74) is 0.633. The number of carbonyl (C=O) groups excluding carboxylic acids is 1. The van der Waals surface area contributed by atoms with Crippen molar-refractivity contribution in [1.82, 2.24) is 0 Å². The predicted molar refractivity (Wildman–Crippen MR) is 73.5 cm³/mol. The maximum Gasteiger partial charge on any atom is 0.162 e. The van der Waals surface area contributed by atoms with Crippen LogP contribution in [0.5, 0.6) is 0 Å². The smallest absolute Gasteiger partial charge is 0.162 e. The molecule has 2 nitrogen and oxygen atoms in total. The van der Waals surface area contributed by atoms with Gasteiger partial charge in [0.25, 0.3) is 0 Å². The molecule has 2 fully saturated rings. The third kappa shape index (κ3) is 3.60. The lowest BCUT2D eigenvalue weighted by atomic mass is 9.94. The van der Waals surface area contributed by atoms with Crippen LogP contribution >= 0.6 is 0 Å². The molecule has 2 aliphatic rings. The molecule has 0 heterocycles. The molecule has 0 aliphatic heterocycles. The lowest BCUT2D eigenvalue weighted by molar-refractivity contribution is -0.116. The van der Waals surface area contributed by atoms with E-state index >= 15 is 0 Å². The van der Waals surface area contributed by atoms with E-state index in [-0.39, 0.29) is 5.78 Å². The van der Waals surface area contributed by atoms with Gasteiger partial charge in [-0.3, -0.25) is 4.79 Å². The Hall–Kier alpha value is -0.790.